The number of hydrogen-bond donors (Lipinski definition) is 0. The van der Waals surface area contributed by atoms with Crippen LogP contribution in [0.5, 0.6) is 0 Å². The van der Waals surface area contributed by atoms with Crippen LogP contribution in [0.4, 0.5) is 0 Å². The van der Waals surface area contributed by atoms with Crippen molar-refractivity contribution in [3.8, 4) is 6.07 Å². The molecule has 1 nitrogen and oxygen atoms in total. The molecule has 0 saturated heterocycles. The number of nitriles is 1. The van der Waals surface area contributed by atoms with Gasteiger partial charge in [-0.2, -0.15) is 5.26 Å². The summed E-state index contributed by atoms with van der Waals surface area (Å²) in [4.78, 5) is 0. The van der Waals surface area contributed by atoms with Gasteiger partial charge in [-0.1, -0.05) is 37.0 Å². The van der Waals surface area contributed by atoms with Gasteiger partial charge in [-0.15, -0.1) is 0 Å². The van der Waals surface area contributed by atoms with E-state index in [-0.39, 0.29) is 5.41 Å². The van der Waals surface area contributed by atoms with E-state index in [1.165, 1.54) is 0 Å². The smallest absolute Gasteiger partial charge is 0.0725 e. The van der Waals surface area contributed by atoms with Crippen molar-refractivity contribution in [2.45, 2.75) is 20.3 Å². The third-order valence-corrected chi connectivity index (χ3v) is 1.49. The first-order valence-corrected chi connectivity index (χ1v) is 3.91. The number of hydrogen-bond acceptors (Lipinski definition) is 1. The molecule has 0 aliphatic carbocycles. The van der Waals surface area contributed by atoms with E-state index in [1.54, 1.807) is 6.08 Å². The van der Waals surface area contributed by atoms with Crippen molar-refractivity contribution < 1.29 is 0 Å². The zero-order chi connectivity index (χ0) is 9.61. The summed E-state index contributed by atoms with van der Waals surface area (Å²) in [7, 11) is 0. The Hall–Kier alpha value is -1.29. The lowest BCUT2D eigenvalue weighted by atomic mass is 9.95. The Labute approximate surface area is 74.7 Å². The van der Waals surface area contributed by atoms with E-state index in [4.69, 9.17) is 5.26 Å². The molecule has 0 amide bonds. The minimum absolute atomic E-state index is 0.374. The van der Waals surface area contributed by atoms with Crippen molar-refractivity contribution in [2.24, 2.45) is 5.41 Å². The average Bonchev–Trinajstić information content (AvgIpc) is 2.04. The highest BCUT2D eigenvalue weighted by atomic mass is 14.3. The van der Waals surface area contributed by atoms with Gasteiger partial charge >= 0.3 is 0 Å². The highest BCUT2D eigenvalue weighted by Gasteiger charge is 2.10. The molecule has 0 saturated carbocycles. The fourth-order valence-corrected chi connectivity index (χ4v) is 0.626. The molecule has 0 aliphatic rings. The average molecular weight is 161 g/mol. The van der Waals surface area contributed by atoms with Crippen LogP contribution in [0.2, 0.25) is 0 Å². The molecule has 0 aromatic rings. The Kier molecular flexibility index (Phi) is 4.07. The SMILES string of the molecule is C=CC(=C)C/C=C/C(C)(C)C#N. The van der Waals surface area contributed by atoms with Crippen molar-refractivity contribution in [1.82, 2.24) is 0 Å². The first kappa shape index (κ1) is 10.7. The van der Waals surface area contributed by atoms with Crippen LogP contribution in [-0.2, 0) is 0 Å². The third kappa shape index (κ3) is 4.51. The molecule has 0 spiro atoms. The minimum Gasteiger partial charge on any atom is -0.197 e. The molecule has 64 valence electrons. The predicted octanol–water partition coefficient (Wildman–Crippen LogP) is 3.22. The fourth-order valence-electron chi connectivity index (χ4n) is 0.626. The first-order valence-electron chi connectivity index (χ1n) is 3.91. The molecular formula is C11H15N. The van der Waals surface area contributed by atoms with Gasteiger partial charge in [0.15, 0.2) is 0 Å². The quantitative estimate of drug-likeness (QED) is 0.458. The Bertz CT molecular complexity index is 238. The van der Waals surface area contributed by atoms with Gasteiger partial charge < -0.3 is 0 Å². The first-order chi connectivity index (χ1) is 5.52. The molecule has 0 rings (SSSR count). The summed E-state index contributed by atoms with van der Waals surface area (Å²) in [6.45, 7) is 11.1. The number of nitrogens with zero attached hydrogens (tertiary/aromatic N) is 1. The lowest BCUT2D eigenvalue weighted by Gasteiger charge is -2.07. The molecule has 0 N–H and O–H groups in total. The van der Waals surface area contributed by atoms with Gasteiger partial charge in [0.05, 0.1) is 11.5 Å². The molecule has 0 radical (unpaired) electrons. The second kappa shape index (κ2) is 4.56. The van der Waals surface area contributed by atoms with E-state index in [1.807, 2.05) is 26.0 Å². The molecule has 0 heterocycles. The van der Waals surface area contributed by atoms with Crippen molar-refractivity contribution in [3.63, 3.8) is 0 Å². The van der Waals surface area contributed by atoms with Crippen molar-refractivity contribution >= 4 is 0 Å². The summed E-state index contributed by atoms with van der Waals surface area (Å²) in [5.41, 5.74) is 0.599. The van der Waals surface area contributed by atoms with Crippen LogP contribution in [0.15, 0.2) is 37.0 Å². The maximum absolute atomic E-state index is 8.67. The number of rotatable bonds is 4. The summed E-state index contributed by atoms with van der Waals surface area (Å²) >= 11 is 0. The third-order valence-electron chi connectivity index (χ3n) is 1.49. The number of allylic oxidation sites excluding steroid dienone is 4. The standard InChI is InChI=1S/C11H15N/c1-5-10(2)7-6-8-11(3,4)9-12/h5-6,8H,1-2,7H2,3-4H3/b8-6+. The van der Waals surface area contributed by atoms with Gasteiger partial charge in [0, 0.05) is 0 Å². The van der Waals surface area contributed by atoms with Gasteiger partial charge in [-0.05, 0) is 20.3 Å². The summed E-state index contributed by atoms with van der Waals surface area (Å²) in [5.74, 6) is 0. The molecular weight excluding hydrogens is 146 g/mol. The molecule has 0 aromatic carbocycles. The highest BCUT2D eigenvalue weighted by Crippen LogP contribution is 2.15. The zero-order valence-corrected chi connectivity index (χ0v) is 7.80. The summed E-state index contributed by atoms with van der Waals surface area (Å²) < 4.78 is 0. The summed E-state index contributed by atoms with van der Waals surface area (Å²) in [6.07, 6.45) is 6.34. The van der Waals surface area contributed by atoms with E-state index < -0.39 is 0 Å². The highest BCUT2D eigenvalue weighted by molar-refractivity contribution is 5.17. The van der Waals surface area contributed by atoms with E-state index in [0.717, 1.165) is 12.0 Å². The summed E-state index contributed by atoms with van der Waals surface area (Å²) in [6, 6.07) is 2.19. The van der Waals surface area contributed by atoms with Crippen LogP contribution >= 0.6 is 0 Å². The molecule has 1 heteroatoms. The molecule has 12 heavy (non-hydrogen) atoms. The zero-order valence-electron chi connectivity index (χ0n) is 7.80. The topological polar surface area (TPSA) is 23.8 Å². The normalized spacial score (nSPS) is 11.1. The van der Waals surface area contributed by atoms with Gasteiger partial charge in [0.1, 0.15) is 0 Å². The molecule has 0 atom stereocenters. The Morgan fingerprint density at radius 2 is 2.17 bits per heavy atom. The van der Waals surface area contributed by atoms with Crippen LogP contribution in [0.3, 0.4) is 0 Å². The second-order valence-electron chi connectivity index (χ2n) is 3.30. The molecule has 0 unspecified atom stereocenters. The lowest BCUT2D eigenvalue weighted by molar-refractivity contribution is 0.642. The molecule has 0 bridgehead atoms. The van der Waals surface area contributed by atoms with Crippen molar-refractivity contribution in [2.75, 3.05) is 0 Å². The van der Waals surface area contributed by atoms with Crippen LogP contribution in [0.1, 0.15) is 20.3 Å². The predicted molar refractivity (Wildman–Crippen MR) is 52.5 cm³/mol. The van der Waals surface area contributed by atoms with Gasteiger partial charge in [-0.25, -0.2) is 0 Å². The van der Waals surface area contributed by atoms with E-state index in [2.05, 4.69) is 19.2 Å². The van der Waals surface area contributed by atoms with E-state index in [0.29, 0.717) is 0 Å². The Morgan fingerprint density at radius 3 is 2.58 bits per heavy atom. The Morgan fingerprint density at radius 1 is 1.58 bits per heavy atom. The van der Waals surface area contributed by atoms with Crippen molar-refractivity contribution in [3.05, 3.63) is 37.0 Å². The molecule has 0 aliphatic heterocycles. The van der Waals surface area contributed by atoms with Gasteiger partial charge in [0.2, 0.25) is 0 Å². The Balaban J connectivity index is 4.02. The second-order valence-corrected chi connectivity index (χ2v) is 3.30. The fraction of sp³-hybridized carbons (Fsp3) is 0.364. The van der Waals surface area contributed by atoms with Gasteiger partial charge in [-0.3, -0.25) is 0 Å². The lowest BCUT2D eigenvalue weighted by Crippen LogP contribution is -2.01. The van der Waals surface area contributed by atoms with Crippen LogP contribution in [0.25, 0.3) is 0 Å². The maximum Gasteiger partial charge on any atom is 0.0725 e. The molecule has 0 aromatic heterocycles. The monoisotopic (exact) mass is 161 g/mol. The largest absolute Gasteiger partial charge is 0.197 e. The van der Waals surface area contributed by atoms with Crippen LogP contribution in [-0.4, -0.2) is 0 Å². The van der Waals surface area contributed by atoms with Gasteiger partial charge in [0.25, 0.3) is 0 Å². The summed E-state index contributed by atoms with van der Waals surface area (Å²) in [5, 5.41) is 8.67. The van der Waals surface area contributed by atoms with E-state index >= 15 is 0 Å². The maximum atomic E-state index is 8.67. The molecule has 0 fully saturated rings. The van der Waals surface area contributed by atoms with E-state index in [9.17, 15) is 0 Å². The van der Waals surface area contributed by atoms with Crippen molar-refractivity contribution in [1.29, 1.82) is 5.26 Å². The van der Waals surface area contributed by atoms with Crippen LogP contribution in [0, 0.1) is 16.7 Å². The van der Waals surface area contributed by atoms with Crippen LogP contribution < -0.4 is 0 Å². The minimum atomic E-state index is -0.374.